The maximum Gasteiger partial charge on any atom is 0.139 e. The van der Waals surface area contributed by atoms with Crippen LogP contribution < -0.4 is 9.47 Å². The minimum absolute atomic E-state index is 0.746. The van der Waals surface area contributed by atoms with Crippen molar-refractivity contribution in [2.75, 3.05) is 14.2 Å². The predicted molar refractivity (Wildman–Crippen MR) is 176 cm³/mol. The summed E-state index contributed by atoms with van der Waals surface area (Å²) in [6, 6.07) is 44.8. The van der Waals surface area contributed by atoms with Crippen LogP contribution in [-0.4, -0.2) is 34.2 Å². The molecule has 44 heavy (non-hydrogen) atoms. The van der Waals surface area contributed by atoms with Crippen LogP contribution in [0.2, 0.25) is 0 Å². The first-order chi connectivity index (χ1) is 21.7. The van der Waals surface area contributed by atoms with Crippen LogP contribution in [0.25, 0.3) is 67.8 Å². The monoisotopic (exact) mass is 574 g/mol. The van der Waals surface area contributed by atoms with Gasteiger partial charge in [-0.15, -0.1) is 0 Å². The molecule has 0 atom stereocenters. The summed E-state index contributed by atoms with van der Waals surface area (Å²) < 4.78 is 10.8. The van der Waals surface area contributed by atoms with Crippen molar-refractivity contribution < 1.29 is 9.47 Å². The molecule has 0 spiro atoms. The van der Waals surface area contributed by atoms with E-state index in [1.54, 1.807) is 14.2 Å². The van der Waals surface area contributed by atoms with Gasteiger partial charge in [0.25, 0.3) is 0 Å². The van der Waals surface area contributed by atoms with Crippen LogP contribution >= 0.6 is 0 Å². The molecule has 214 valence electrons. The van der Waals surface area contributed by atoms with Crippen molar-refractivity contribution >= 4 is 0 Å². The molecular weight excluding hydrogens is 544 g/mol. The number of aromatic nitrogens is 4. The first-order valence-electron chi connectivity index (χ1n) is 14.4. The molecule has 0 bridgehead atoms. The number of hydrogen-bond acceptors (Lipinski definition) is 4. The van der Waals surface area contributed by atoms with Crippen LogP contribution in [0.5, 0.6) is 11.5 Å². The maximum absolute atomic E-state index is 5.41. The molecule has 2 N–H and O–H groups in total. The van der Waals surface area contributed by atoms with Gasteiger partial charge in [-0.05, 0) is 48.5 Å². The highest BCUT2D eigenvalue weighted by Crippen LogP contribution is 2.39. The Labute approximate surface area is 256 Å². The number of ether oxygens (including phenoxy) is 2. The van der Waals surface area contributed by atoms with Crippen LogP contribution in [0.15, 0.2) is 133 Å². The molecule has 2 aromatic heterocycles. The van der Waals surface area contributed by atoms with Crippen molar-refractivity contribution in [3.05, 3.63) is 133 Å². The quantitative estimate of drug-likeness (QED) is 0.190. The van der Waals surface area contributed by atoms with Gasteiger partial charge in [0.05, 0.1) is 37.0 Å². The molecule has 0 unspecified atom stereocenters. The molecule has 0 aliphatic rings. The van der Waals surface area contributed by atoms with Crippen LogP contribution in [0.4, 0.5) is 0 Å². The largest absolute Gasteiger partial charge is 0.497 e. The number of H-pyrrole nitrogens is 2. The van der Waals surface area contributed by atoms with Crippen molar-refractivity contribution in [2.45, 2.75) is 0 Å². The topological polar surface area (TPSA) is 75.8 Å². The fourth-order valence-corrected chi connectivity index (χ4v) is 5.44. The van der Waals surface area contributed by atoms with Gasteiger partial charge in [-0.25, -0.2) is 9.97 Å². The number of methoxy groups -OCH3 is 2. The number of benzene rings is 5. The second kappa shape index (κ2) is 11.8. The molecule has 5 aromatic carbocycles. The Morgan fingerprint density at radius 1 is 0.409 bits per heavy atom. The Balaban J connectivity index is 1.39. The van der Waals surface area contributed by atoms with Gasteiger partial charge in [0.2, 0.25) is 0 Å². The molecule has 7 aromatic rings. The van der Waals surface area contributed by atoms with E-state index in [-0.39, 0.29) is 0 Å². The van der Waals surface area contributed by atoms with E-state index in [4.69, 9.17) is 19.4 Å². The van der Waals surface area contributed by atoms with Crippen molar-refractivity contribution in [1.29, 1.82) is 0 Å². The van der Waals surface area contributed by atoms with Crippen LogP contribution in [-0.2, 0) is 0 Å². The van der Waals surface area contributed by atoms with E-state index in [2.05, 4.69) is 46.4 Å². The molecule has 0 radical (unpaired) electrons. The third-order valence-corrected chi connectivity index (χ3v) is 7.70. The van der Waals surface area contributed by atoms with Gasteiger partial charge in [0.1, 0.15) is 23.1 Å². The number of aromatic amines is 2. The predicted octanol–water partition coefficient (Wildman–Crippen LogP) is 9.15. The normalized spacial score (nSPS) is 11.0. The summed E-state index contributed by atoms with van der Waals surface area (Å²) >= 11 is 0. The van der Waals surface area contributed by atoms with Crippen LogP contribution in [0.1, 0.15) is 0 Å². The second-order valence-electron chi connectivity index (χ2n) is 10.4. The van der Waals surface area contributed by atoms with Crippen LogP contribution in [0.3, 0.4) is 0 Å². The van der Waals surface area contributed by atoms with E-state index in [1.165, 1.54) is 0 Å². The number of nitrogens with zero attached hydrogens (tertiary/aromatic N) is 2. The minimum atomic E-state index is 0.746. The summed E-state index contributed by atoms with van der Waals surface area (Å²) in [4.78, 5) is 17.7. The number of rotatable bonds is 8. The lowest BCUT2D eigenvalue weighted by Gasteiger charge is -2.06. The molecular formula is C38H30N4O2. The molecule has 0 saturated carbocycles. The van der Waals surface area contributed by atoms with Gasteiger partial charge in [-0.1, -0.05) is 84.9 Å². The number of nitrogens with one attached hydrogen (secondary N) is 2. The van der Waals surface area contributed by atoms with Gasteiger partial charge in [-0.3, -0.25) is 0 Å². The molecule has 0 aliphatic carbocycles. The lowest BCUT2D eigenvalue weighted by Crippen LogP contribution is -1.89. The van der Waals surface area contributed by atoms with E-state index in [0.29, 0.717) is 0 Å². The van der Waals surface area contributed by atoms with E-state index in [0.717, 1.165) is 79.3 Å². The lowest BCUT2D eigenvalue weighted by atomic mass is 10.0. The van der Waals surface area contributed by atoms with E-state index >= 15 is 0 Å². The van der Waals surface area contributed by atoms with Gasteiger partial charge < -0.3 is 19.4 Å². The fourth-order valence-electron chi connectivity index (χ4n) is 5.44. The molecule has 6 heteroatoms. The standard InChI is InChI=1S/C38H30N4O2/c1-43-29-21-17-27(18-22-29)35-36(28-19-23-30(44-2)24-20-28)42-38(41-35)32-16-10-9-15-31(32)37-39-33(25-11-5-3-6-12-25)34(40-37)26-13-7-4-8-14-26/h3-24H,1-2H3,(H,39,40)(H,41,42). The number of imidazole rings is 2. The average Bonchev–Trinajstić information content (AvgIpc) is 3.75. The average molecular weight is 575 g/mol. The van der Waals surface area contributed by atoms with Crippen molar-refractivity contribution in [1.82, 2.24) is 19.9 Å². The first-order valence-corrected chi connectivity index (χ1v) is 14.4. The molecule has 7 rings (SSSR count). The summed E-state index contributed by atoms with van der Waals surface area (Å²) in [5.74, 6) is 3.11. The van der Waals surface area contributed by atoms with Gasteiger partial charge in [-0.2, -0.15) is 0 Å². The molecule has 0 aliphatic heterocycles. The fraction of sp³-hybridized carbons (Fsp3) is 0.0526. The van der Waals surface area contributed by atoms with Crippen LogP contribution in [0, 0.1) is 0 Å². The van der Waals surface area contributed by atoms with Gasteiger partial charge in [0, 0.05) is 33.4 Å². The minimum Gasteiger partial charge on any atom is -0.497 e. The van der Waals surface area contributed by atoms with E-state index in [9.17, 15) is 0 Å². The smallest absolute Gasteiger partial charge is 0.139 e. The zero-order chi connectivity index (χ0) is 29.9. The summed E-state index contributed by atoms with van der Waals surface area (Å²) in [5.41, 5.74) is 9.62. The van der Waals surface area contributed by atoms with E-state index < -0.39 is 0 Å². The maximum atomic E-state index is 5.41. The Hall–Kier alpha value is -5.88. The molecule has 6 nitrogen and oxygen atoms in total. The summed E-state index contributed by atoms with van der Waals surface area (Å²) in [5, 5.41) is 0. The van der Waals surface area contributed by atoms with Crippen molar-refractivity contribution in [3.63, 3.8) is 0 Å². The SMILES string of the molecule is COc1ccc(-c2nc(-c3ccccc3-c3nc(-c4ccccc4)c(-c4ccccc4)[nH]3)[nH]c2-c2ccc(OC)cc2)cc1. The highest BCUT2D eigenvalue weighted by molar-refractivity contribution is 5.87. The van der Waals surface area contributed by atoms with Crippen molar-refractivity contribution in [2.24, 2.45) is 0 Å². The lowest BCUT2D eigenvalue weighted by molar-refractivity contribution is 0.414. The zero-order valence-corrected chi connectivity index (χ0v) is 24.4. The number of hydrogen-bond donors (Lipinski definition) is 2. The summed E-state index contributed by atoms with van der Waals surface area (Å²) in [6.45, 7) is 0. The van der Waals surface area contributed by atoms with Gasteiger partial charge >= 0.3 is 0 Å². The summed E-state index contributed by atoms with van der Waals surface area (Å²) in [6.07, 6.45) is 0. The van der Waals surface area contributed by atoms with Crippen molar-refractivity contribution in [3.8, 4) is 79.3 Å². The van der Waals surface area contributed by atoms with E-state index in [1.807, 2.05) is 97.1 Å². The third kappa shape index (κ3) is 5.14. The Kier molecular flexibility index (Phi) is 7.22. The molecule has 0 fully saturated rings. The molecule has 0 saturated heterocycles. The Morgan fingerprint density at radius 2 is 0.773 bits per heavy atom. The molecule has 2 heterocycles. The summed E-state index contributed by atoms with van der Waals surface area (Å²) in [7, 11) is 3.34. The Morgan fingerprint density at radius 3 is 1.23 bits per heavy atom. The third-order valence-electron chi connectivity index (χ3n) is 7.70. The molecule has 0 amide bonds. The van der Waals surface area contributed by atoms with Gasteiger partial charge in [0.15, 0.2) is 0 Å². The first kappa shape index (κ1) is 27.0. The highest BCUT2D eigenvalue weighted by atomic mass is 16.5. The highest BCUT2D eigenvalue weighted by Gasteiger charge is 2.21. The zero-order valence-electron chi connectivity index (χ0n) is 24.4. The Bertz CT molecular complexity index is 1890. The second-order valence-corrected chi connectivity index (χ2v) is 10.4.